The number of rotatable bonds is 3. The summed E-state index contributed by atoms with van der Waals surface area (Å²) >= 11 is 0. The lowest BCUT2D eigenvalue weighted by Crippen LogP contribution is -2.41. The fourth-order valence-corrected chi connectivity index (χ4v) is 3.70. The van der Waals surface area contributed by atoms with Crippen molar-refractivity contribution in [1.29, 1.82) is 0 Å². The van der Waals surface area contributed by atoms with Gasteiger partial charge in [0.25, 0.3) is 0 Å². The van der Waals surface area contributed by atoms with Crippen LogP contribution in [0.25, 0.3) is 0 Å². The smallest absolute Gasteiger partial charge is 0.243 e. The zero-order valence-corrected chi connectivity index (χ0v) is 11.3. The molecule has 4 nitrogen and oxygen atoms in total. The van der Waals surface area contributed by atoms with E-state index in [1.807, 2.05) is 0 Å². The lowest BCUT2D eigenvalue weighted by atomic mass is 9.94. The van der Waals surface area contributed by atoms with Gasteiger partial charge in [-0.05, 0) is 37.5 Å². The van der Waals surface area contributed by atoms with Crippen molar-refractivity contribution in [2.75, 3.05) is 12.8 Å². The van der Waals surface area contributed by atoms with Crippen LogP contribution in [0.2, 0.25) is 0 Å². The highest BCUT2D eigenvalue weighted by molar-refractivity contribution is 7.89. The summed E-state index contributed by atoms with van der Waals surface area (Å²) in [6.45, 7) is 1.57. The standard InChI is InChI=1S/C12H17FN2O2S/c1-8-6-10(13)11(14)7-12(8)18(16,17)15(2)9-4-3-5-9/h6-7,9H,3-5,14H2,1-2H3. The molecule has 2 rings (SSSR count). The number of benzene rings is 1. The van der Waals surface area contributed by atoms with Crippen molar-refractivity contribution in [1.82, 2.24) is 4.31 Å². The third-order valence-electron chi connectivity index (χ3n) is 3.54. The first-order valence-electron chi connectivity index (χ1n) is 5.87. The summed E-state index contributed by atoms with van der Waals surface area (Å²) < 4.78 is 39.4. The molecular weight excluding hydrogens is 255 g/mol. The average Bonchev–Trinajstić information content (AvgIpc) is 2.20. The lowest BCUT2D eigenvalue weighted by molar-refractivity contribution is 0.249. The van der Waals surface area contributed by atoms with Crippen molar-refractivity contribution in [3.63, 3.8) is 0 Å². The third-order valence-corrected chi connectivity index (χ3v) is 5.59. The van der Waals surface area contributed by atoms with Gasteiger partial charge < -0.3 is 5.73 Å². The average molecular weight is 272 g/mol. The Kier molecular flexibility index (Phi) is 3.33. The highest BCUT2D eigenvalue weighted by Crippen LogP contribution is 2.30. The second kappa shape index (κ2) is 4.51. The Labute approximate surface area is 107 Å². The molecule has 1 saturated carbocycles. The first kappa shape index (κ1) is 13.3. The van der Waals surface area contributed by atoms with Crippen LogP contribution in [0.1, 0.15) is 24.8 Å². The first-order valence-corrected chi connectivity index (χ1v) is 7.31. The number of aryl methyl sites for hydroxylation is 1. The Bertz CT molecular complexity index is 568. The van der Waals surface area contributed by atoms with Crippen molar-refractivity contribution in [2.24, 2.45) is 0 Å². The Balaban J connectivity index is 2.43. The van der Waals surface area contributed by atoms with Gasteiger partial charge in [0.15, 0.2) is 0 Å². The fourth-order valence-electron chi connectivity index (χ4n) is 2.05. The van der Waals surface area contributed by atoms with Gasteiger partial charge in [-0.15, -0.1) is 0 Å². The zero-order chi connectivity index (χ0) is 13.5. The number of halogens is 1. The van der Waals surface area contributed by atoms with Crippen molar-refractivity contribution in [2.45, 2.75) is 37.1 Å². The summed E-state index contributed by atoms with van der Waals surface area (Å²) in [7, 11) is -2.01. The largest absolute Gasteiger partial charge is 0.396 e. The van der Waals surface area contributed by atoms with Gasteiger partial charge in [-0.25, -0.2) is 12.8 Å². The van der Waals surface area contributed by atoms with Gasteiger partial charge in [0.2, 0.25) is 10.0 Å². The Morgan fingerprint density at radius 1 is 1.39 bits per heavy atom. The molecule has 18 heavy (non-hydrogen) atoms. The normalized spacial score (nSPS) is 16.9. The molecule has 0 unspecified atom stereocenters. The molecule has 0 radical (unpaired) electrons. The number of nitrogens with zero attached hydrogens (tertiary/aromatic N) is 1. The molecule has 6 heteroatoms. The molecule has 0 saturated heterocycles. The summed E-state index contributed by atoms with van der Waals surface area (Å²) in [6, 6.07) is 2.42. The Morgan fingerprint density at radius 2 is 2.00 bits per heavy atom. The number of hydrogen-bond acceptors (Lipinski definition) is 3. The zero-order valence-electron chi connectivity index (χ0n) is 10.5. The minimum atomic E-state index is -3.58. The van der Waals surface area contributed by atoms with E-state index in [2.05, 4.69) is 0 Å². The van der Waals surface area contributed by atoms with Gasteiger partial charge in [-0.1, -0.05) is 6.42 Å². The summed E-state index contributed by atoms with van der Waals surface area (Å²) in [5, 5.41) is 0. The van der Waals surface area contributed by atoms with Crippen LogP contribution in [0.3, 0.4) is 0 Å². The first-order chi connectivity index (χ1) is 8.34. The van der Waals surface area contributed by atoms with Crippen LogP contribution in [-0.2, 0) is 10.0 Å². The predicted octanol–water partition coefficient (Wildman–Crippen LogP) is 1.89. The molecule has 1 aromatic carbocycles. The maximum Gasteiger partial charge on any atom is 0.243 e. The monoisotopic (exact) mass is 272 g/mol. The quantitative estimate of drug-likeness (QED) is 0.855. The van der Waals surface area contributed by atoms with E-state index in [1.165, 1.54) is 10.4 Å². The minimum absolute atomic E-state index is 0.0562. The van der Waals surface area contributed by atoms with Crippen molar-refractivity contribution < 1.29 is 12.8 Å². The molecule has 0 bridgehead atoms. The van der Waals surface area contributed by atoms with Crippen LogP contribution >= 0.6 is 0 Å². The second-order valence-corrected chi connectivity index (χ2v) is 6.71. The van der Waals surface area contributed by atoms with E-state index in [4.69, 9.17) is 5.73 Å². The summed E-state index contributed by atoms with van der Waals surface area (Å²) in [6.07, 6.45) is 2.81. The summed E-state index contributed by atoms with van der Waals surface area (Å²) in [5.41, 5.74) is 5.70. The molecule has 0 aromatic heterocycles. The van der Waals surface area contributed by atoms with E-state index in [1.54, 1.807) is 14.0 Å². The molecule has 0 amide bonds. The highest BCUT2D eigenvalue weighted by Gasteiger charge is 2.32. The van der Waals surface area contributed by atoms with Crippen LogP contribution in [-0.4, -0.2) is 25.8 Å². The van der Waals surface area contributed by atoms with Crippen LogP contribution in [0, 0.1) is 12.7 Å². The van der Waals surface area contributed by atoms with Gasteiger partial charge in [0, 0.05) is 13.1 Å². The molecule has 0 atom stereocenters. The summed E-state index contributed by atoms with van der Waals surface area (Å²) in [4.78, 5) is 0.0933. The van der Waals surface area contributed by atoms with E-state index in [0.717, 1.165) is 25.3 Å². The molecule has 1 aromatic rings. The van der Waals surface area contributed by atoms with Crippen LogP contribution in [0.5, 0.6) is 0 Å². The maximum absolute atomic E-state index is 13.3. The van der Waals surface area contributed by atoms with Crippen molar-refractivity contribution in [3.8, 4) is 0 Å². The number of sulfonamides is 1. The van der Waals surface area contributed by atoms with E-state index in [-0.39, 0.29) is 16.6 Å². The molecular formula is C12H17FN2O2S. The number of anilines is 1. The maximum atomic E-state index is 13.3. The van der Waals surface area contributed by atoms with Crippen LogP contribution in [0.15, 0.2) is 17.0 Å². The predicted molar refractivity (Wildman–Crippen MR) is 68.1 cm³/mol. The molecule has 1 fully saturated rings. The Hall–Kier alpha value is -1.14. The third kappa shape index (κ3) is 2.10. The fraction of sp³-hybridized carbons (Fsp3) is 0.500. The molecule has 100 valence electrons. The van der Waals surface area contributed by atoms with Gasteiger partial charge in [0.05, 0.1) is 10.6 Å². The van der Waals surface area contributed by atoms with Crippen molar-refractivity contribution in [3.05, 3.63) is 23.5 Å². The minimum Gasteiger partial charge on any atom is -0.396 e. The SMILES string of the molecule is Cc1cc(F)c(N)cc1S(=O)(=O)N(C)C1CCC1. The molecule has 2 N–H and O–H groups in total. The van der Waals surface area contributed by atoms with E-state index >= 15 is 0 Å². The van der Waals surface area contributed by atoms with E-state index in [0.29, 0.717) is 5.56 Å². The molecule has 1 aliphatic rings. The molecule has 0 spiro atoms. The molecule has 0 heterocycles. The van der Waals surface area contributed by atoms with Gasteiger partial charge in [0.1, 0.15) is 5.82 Å². The van der Waals surface area contributed by atoms with E-state index in [9.17, 15) is 12.8 Å². The summed E-state index contributed by atoms with van der Waals surface area (Å²) in [5.74, 6) is -0.585. The number of nitrogens with two attached hydrogens (primary N) is 1. The van der Waals surface area contributed by atoms with Gasteiger partial charge in [-0.3, -0.25) is 0 Å². The van der Waals surface area contributed by atoms with E-state index < -0.39 is 15.8 Å². The second-order valence-electron chi connectivity index (χ2n) is 4.75. The van der Waals surface area contributed by atoms with Gasteiger partial charge in [-0.2, -0.15) is 4.31 Å². The van der Waals surface area contributed by atoms with Crippen LogP contribution < -0.4 is 5.73 Å². The van der Waals surface area contributed by atoms with Crippen molar-refractivity contribution >= 4 is 15.7 Å². The highest BCUT2D eigenvalue weighted by atomic mass is 32.2. The number of hydrogen-bond donors (Lipinski definition) is 1. The van der Waals surface area contributed by atoms with Crippen LogP contribution in [0.4, 0.5) is 10.1 Å². The lowest BCUT2D eigenvalue weighted by Gasteiger charge is -2.34. The number of nitrogen functional groups attached to an aromatic ring is 1. The molecule has 1 aliphatic carbocycles. The Morgan fingerprint density at radius 3 is 2.50 bits per heavy atom. The molecule has 0 aliphatic heterocycles. The topological polar surface area (TPSA) is 63.4 Å². The van der Waals surface area contributed by atoms with Gasteiger partial charge >= 0.3 is 0 Å².